The average Bonchev–Trinajstić information content (AvgIpc) is 3.21. The number of benzene rings is 1. The topological polar surface area (TPSA) is 82.0 Å². The molecule has 1 aliphatic carbocycles. The molecule has 2 heterocycles. The third-order valence-corrected chi connectivity index (χ3v) is 6.52. The van der Waals surface area contributed by atoms with E-state index in [1.165, 1.54) is 0 Å². The highest BCUT2D eigenvalue weighted by atomic mass is 16.2. The van der Waals surface area contributed by atoms with Crippen LogP contribution >= 0.6 is 0 Å². The highest BCUT2D eigenvalue weighted by Gasteiger charge is 2.58. The van der Waals surface area contributed by atoms with Gasteiger partial charge in [-0.2, -0.15) is 0 Å². The number of fused-ring (bicyclic) bond motifs is 1. The number of aromatic nitrogens is 2. The predicted molar refractivity (Wildman–Crippen MR) is 124 cm³/mol. The van der Waals surface area contributed by atoms with Gasteiger partial charge in [0.2, 0.25) is 5.91 Å². The molecular formula is C25H29N5O. The molecule has 31 heavy (non-hydrogen) atoms. The summed E-state index contributed by atoms with van der Waals surface area (Å²) in [6.45, 7) is 13.9. The SMILES string of the molecule is C=CC1CC2C(C)C2N1C(=O)CNc1ccc(-c2cnc(C)nc2)cc1C(=N)C(=C)C. The first kappa shape index (κ1) is 21.0. The lowest BCUT2D eigenvalue weighted by atomic mass is 9.98. The lowest BCUT2D eigenvalue weighted by Gasteiger charge is -2.27. The molecule has 4 unspecified atom stereocenters. The zero-order valence-corrected chi connectivity index (χ0v) is 18.4. The van der Waals surface area contributed by atoms with Crippen molar-refractivity contribution in [1.29, 1.82) is 5.41 Å². The number of hydrogen-bond acceptors (Lipinski definition) is 5. The lowest BCUT2D eigenvalue weighted by Crippen LogP contribution is -2.41. The normalized spacial score (nSPS) is 23.8. The van der Waals surface area contributed by atoms with Gasteiger partial charge >= 0.3 is 0 Å². The predicted octanol–water partition coefficient (Wildman–Crippen LogP) is 4.23. The van der Waals surface area contributed by atoms with Crippen LogP contribution in [0.5, 0.6) is 0 Å². The summed E-state index contributed by atoms with van der Waals surface area (Å²) in [6, 6.07) is 6.26. The van der Waals surface area contributed by atoms with Gasteiger partial charge in [0, 0.05) is 35.2 Å². The molecule has 1 saturated carbocycles. The van der Waals surface area contributed by atoms with E-state index in [0.29, 0.717) is 40.6 Å². The number of piperidine rings is 1. The average molecular weight is 416 g/mol. The Morgan fingerprint density at radius 1 is 1.32 bits per heavy atom. The zero-order chi connectivity index (χ0) is 22.3. The van der Waals surface area contributed by atoms with Gasteiger partial charge in [-0.15, -0.1) is 6.58 Å². The monoisotopic (exact) mass is 415 g/mol. The maximum Gasteiger partial charge on any atom is 0.242 e. The molecule has 1 saturated heterocycles. The quantitative estimate of drug-likeness (QED) is 0.524. The van der Waals surface area contributed by atoms with Crippen molar-refractivity contribution in [2.24, 2.45) is 11.8 Å². The third kappa shape index (κ3) is 3.90. The molecule has 6 nitrogen and oxygen atoms in total. The van der Waals surface area contributed by atoms with Crippen LogP contribution in [0.25, 0.3) is 11.1 Å². The Kier molecular flexibility index (Phi) is 5.48. The van der Waals surface area contributed by atoms with E-state index < -0.39 is 0 Å². The van der Waals surface area contributed by atoms with Gasteiger partial charge in [-0.3, -0.25) is 10.2 Å². The summed E-state index contributed by atoms with van der Waals surface area (Å²) in [4.78, 5) is 23.6. The van der Waals surface area contributed by atoms with Crippen LogP contribution < -0.4 is 5.32 Å². The number of amides is 1. The number of carbonyl (C=O) groups is 1. The van der Waals surface area contributed by atoms with Crippen LogP contribution in [0.3, 0.4) is 0 Å². The first-order valence-corrected chi connectivity index (χ1v) is 10.7. The van der Waals surface area contributed by atoms with Crippen molar-refractivity contribution < 1.29 is 4.79 Å². The third-order valence-electron chi connectivity index (χ3n) is 6.52. The van der Waals surface area contributed by atoms with E-state index in [1.54, 1.807) is 12.4 Å². The van der Waals surface area contributed by atoms with Crippen molar-refractivity contribution in [3.8, 4) is 11.1 Å². The first-order valence-electron chi connectivity index (χ1n) is 10.7. The number of nitrogens with one attached hydrogen (secondary N) is 2. The highest BCUT2D eigenvalue weighted by Crippen LogP contribution is 2.53. The number of likely N-dealkylation sites (tertiary alicyclic amines) is 1. The smallest absolute Gasteiger partial charge is 0.242 e. The molecule has 0 spiro atoms. The Balaban J connectivity index is 1.56. The molecular weight excluding hydrogens is 386 g/mol. The van der Waals surface area contributed by atoms with Crippen LogP contribution in [0.1, 0.15) is 31.7 Å². The minimum atomic E-state index is 0.0746. The molecule has 0 radical (unpaired) electrons. The fraction of sp³-hybridized carbons (Fsp3) is 0.360. The van der Waals surface area contributed by atoms with Gasteiger partial charge in [0.1, 0.15) is 5.82 Å². The second-order valence-electron chi connectivity index (χ2n) is 8.64. The lowest BCUT2D eigenvalue weighted by molar-refractivity contribution is -0.130. The number of aryl methyl sites for hydroxylation is 1. The molecule has 4 rings (SSSR count). The van der Waals surface area contributed by atoms with E-state index in [4.69, 9.17) is 5.41 Å². The number of carbonyl (C=O) groups excluding carboxylic acids is 1. The maximum absolute atomic E-state index is 13.0. The fourth-order valence-electron chi connectivity index (χ4n) is 4.63. The molecule has 6 heteroatoms. The van der Waals surface area contributed by atoms with Crippen LogP contribution in [0.4, 0.5) is 5.69 Å². The van der Waals surface area contributed by atoms with Crippen LogP contribution in [0.15, 0.2) is 55.4 Å². The van der Waals surface area contributed by atoms with Gasteiger partial charge in [0.25, 0.3) is 0 Å². The van der Waals surface area contributed by atoms with Crippen LogP contribution in [-0.2, 0) is 4.79 Å². The Labute approximate surface area is 183 Å². The van der Waals surface area contributed by atoms with Crippen LogP contribution in [0, 0.1) is 24.2 Å². The molecule has 2 aliphatic rings. The summed E-state index contributed by atoms with van der Waals surface area (Å²) in [7, 11) is 0. The summed E-state index contributed by atoms with van der Waals surface area (Å²) in [6.07, 6.45) is 6.45. The maximum atomic E-state index is 13.0. The van der Waals surface area contributed by atoms with E-state index in [0.717, 1.165) is 23.2 Å². The molecule has 0 bridgehead atoms. The van der Waals surface area contributed by atoms with E-state index in [2.05, 4.69) is 35.4 Å². The summed E-state index contributed by atoms with van der Waals surface area (Å²) < 4.78 is 0. The van der Waals surface area contributed by atoms with E-state index in [-0.39, 0.29) is 18.5 Å². The molecule has 1 aromatic heterocycles. The summed E-state index contributed by atoms with van der Waals surface area (Å²) >= 11 is 0. The Morgan fingerprint density at radius 2 is 2.03 bits per heavy atom. The molecule has 2 fully saturated rings. The number of rotatable bonds is 7. The van der Waals surface area contributed by atoms with E-state index in [9.17, 15) is 4.79 Å². The Bertz CT molecular complexity index is 1060. The van der Waals surface area contributed by atoms with Gasteiger partial charge in [0.15, 0.2) is 0 Å². The van der Waals surface area contributed by atoms with Crippen molar-refractivity contribution in [1.82, 2.24) is 14.9 Å². The van der Waals surface area contributed by atoms with Gasteiger partial charge in [0.05, 0.1) is 18.3 Å². The van der Waals surface area contributed by atoms with Gasteiger partial charge in [-0.05, 0) is 55.4 Å². The molecule has 2 N–H and O–H groups in total. The molecule has 1 aromatic carbocycles. The molecule has 4 atom stereocenters. The number of anilines is 1. The fourth-order valence-corrected chi connectivity index (χ4v) is 4.63. The number of allylic oxidation sites excluding steroid dienone is 1. The largest absolute Gasteiger partial charge is 0.376 e. The molecule has 160 valence electrons. The summed E-state index contributed by atoms with van der Waals surface area (Å²) in [5, 5.41) is 11.8. The van der Waals surface area contributed by atoms with Gasteiger partial charge in [-0.25, -0.2) is 9.97 Å². The number of nitrogens with zero attached hydrogens (tertiary/aromatic N) is 3. The van der Waals surface area contributed by atoms with Gasteiger partial charge < -0.3 is 10.2 Å². The Morgan fingerprint density at radius 3 is 2.68 bits per heavy atom. The second-order valence-corrected chi connectivity index (χ2v) is 8.64. The van der Waals surface area contributed by atoms with Crippen LogP contribution in [0.2, 0.25) is 0 Å². The van der Waals surface area contributed by atoms with E-state index in [1.807, 2.05) is 43.0 Å². The number of hydrogen-bond donors (Lipinski definition) is 2. The van der Waals surface area contributed by atoms with E-state index >= 15 is 0 Å². The molecule has 2 aromatic rings. The van der Waals surface area contributed by atoms with Crippen molar-refractivity contribution in [3.05, 3.63) is 66.8 Å². The highest BCUT2D eigenvalue weighted by molar-refractivity contribution is 6.13. The van der Waals surface area contributed by atoms with Crippen molar-refractivity contribution in [2.75, 3.05) is 11.9 Å². The summed E-state index contributed by atoms with van der Waals surface area (Å²) in [5.41, 5.74) is 4.24. The van der Waals surface area contributed by atoms with Crippen molar-refractivity contribution in [2.45, 2.75) is 39.3 Å². The summed E-state index contributed by atoms with van der Waals surface area (Å²) in [5.74, 6) is 1.96. The standard InChI is InChI=1S/C25H29N5O/c1-6-19-10-20-15(4)25(20)30(19)23(31)13-29-22-8-7-17(9-21(22)24(26)14(2)3)18-11-27-16(5)28-12-18/h6-9,11-12,15,19-20,25-26,29H,1-2,10,13H2,3-5H3. The van der Waals surface area contributed by atoms with Crippen molar-refractivity contribution in [3.63, 3.8) is 0 Å². The van der Waals surface area contributed by atoms with Crippen LogP contribution in [-0.4, -0.2) is 45.1 Å². The molecule has 1 aliphatic heterocycles. The minimum absolute atomic E-state index is 0.0746. The first-order chi connectivity index (χ1) is 14.8. The van der Waals surface area contributed by atoms with Gasteiger partial charge in [-0.1, -0.05) is 25.6 Å². The second kappa shape index (κ2) is 8.10. The minimum Gasteiger partial charge on any atom is -0.376 e. The van der Waals surface area contributed by atoms with Crippen molar-refractivity contribution >= 4 is 17.3 Å². The zero-order valence-electron chi connectivity index (χ0n) is 18.4. The Hall–Kier alpha value is -3.28. The molecule has 1 amide bonds.